The van der Waals surface area contributed by atoms with Crippen LogP contribution in [0.1, 0.15) is 33.5 Å². The van der Waals surface area contributed by atoms with Crippen molar-refractivity contribution in [1.29, 1.82) is 0 Å². The van der Waals surface area contributed by atoms with Crippen molar-refractivity contribution >= 4 is 17.8 Å². The highest BCUT2D eigenvalue weighted by atomic mass is 16.5. The Bertz CT molecular complexity index is 585. The molecule has 0 aliphatic carbocycles. The third-order valence-electron chi connectivity index (χ3n) is 2.31. The van der Waals surface area contributed by atoms with Crippen molar-refractivity contribution < 1.29 is 23.3 Å². The molecule has 7 nitrogen and oxygen atoms in total. The number of carbonyl (C=O) groups excluding carboxylic acids is 2. The second-order valence-corrected chi connectivity index (χ2v) is 3.62. The number of furan rings is 1. The van der Waals surface area contributed by atoms with Crippen LogP contribution in [-0.2, 0) is 4.74 Å². The van der Waals surface area contributed by atoms with Crippen molar-refractivity contribution in [3.8, 4) is 0 Å². The monoisotopic (exact) mass is 264 g/mol. The number of nitrogens with zero attached hydrogens (tertiary/aromatic N) is 1. The number of hydrogen-bond donors (Lipinski definition) is 1. The summed E-state index contributed by atoms with van der Waals surface area (Å²) in [5, 5.41) is 6.04. The molecule has 0 aliphatic rings. The number of nitrogens with one attached hydrogen (secondary N) is 1. The van der Waals surface area contributed by atoms with Gasteiger partial charge in [0.25, 0.3) is 5.91 Å². The molecule has 19 heavy (non-hydrogen) atoms. The topological polar surface area (TPSA) is 94.6 Å². The molecule has 2 rings (SSSR count). The molecular formula is C12H12N2O5. The van der Waals surface area contributed by atoms with Gasteiger partial charge in [0.05, 0.1) is 18.6 Å². The highest BCUT2D eigenvalue weighted by Gasteiger charge is 2.24. The van der Waals surface area contributed by atoms with Crippen LogP contribution in [0, 0.1) is 6.92 Å². The van der Waals surface area contributed by atoms with E-state index in [9.17, 15) is 9.59 Å². The lowest BCUT2D eigenvalue weighted by Gasteiger charge is -2.02. The molecule has 7 heteroatoms. The van der Waals surface area contributed by atoms with E-state index in [0.29, 0.717) is 5.69 Å². The summed E-state index contributed by atoms with van der Waals surface area (Å²) in [6, 6.07) is 3.06. The van der Waals surface area contributed by atoms with Crippen LogP contribution in [0.15, 0.2) is 27.3 Å². The van der Waals surface area contributed by atoms with Crippen LogP contribution in [0.3, 0.4) is 0 Å². The number of anilines is 1. The minimum Gasteiger partial charge on any atom is -0.462 e. The van der Waals surface area contributed by atoms with Gasteiger partial charge in [0.15, 0.2) is 5.76 Å². The molecular weight excluding hydrogens is 252 g/mol. The second kappa shape index (κ2) is 5.38. The largest absolute Gasteiger partial charge is 0.462 e. The molecule has 0 aliphatic heterocycles. The molecule has 2 aromatic rings. The Morgan fingerprint density at radius 1 is 1.47 bits per heavy atom. The van der Waals surface area contributed by atoms with Gasteiger partial charge in [0.2, 0.25) is 5.88 Å². The number of amides is 1. The Balaban J connectivity index is 2.21. The SMILES string of the molecule is CCOC(=O)c1c(C)noc1NC(=O)c1ccco1. The average molecular weight is 264 g/mol. The summed E-state index contributed by atoms with van der Waals surface area (Å²) in [5.41, 5.74) is 0.440. The van der Waals surface area contributed by atoms with Crippen molar-refractivity contribution in [1.82, 2.24) is 5.16 Å². The van der Waals surface area contributed by atoms with E-state index in [1.165, 1.54) is 12.3 Å². The number of carbonyl (C=O) groups is 2. The molecule has 100 valence electrons. The second-order valence-electron chi connectivity index (χ2n) is 3.62. The van der Waals surface area contributed by atoms with Crippen LogP contribution in [0.25, 0.3) is 0 Å². The Hall–Kier alpha value is -2.57. The van der Waals surface area contributed by atoms with Gasteiger partial charge in [-0.1, -0.05) is 5.16 Å². The number of ether oxygens (including phenoxy) is 1. The van der Waals surface area contributed by atoms with Crippen LogP contribution in [0.2, 0.25) is 0 Å². The van der Waals surface area contributed by atoms with Crippen LogP contribution in [0.4, 0.5) is 5.88 Å². The Morgan fingerprint density at radius 2 is 2.26 bits per heavy atom. The van der Waals surface area contributed by atoms with E-state index >= 15 is 0 Å². The lowest BCUT2D eigenvalue weighted by Crippen LogP contribution is -2.14. The van der Waals surface area contributed by atoms with E-state index in [4.69, 9.17) is 13.7 Å². The smallest absolute Gasteiger partial charge is 0.345 e. The Morgan fingerprint density at radius 3 is 2.89 bits per heavy atom. The molecule has 0 radical (unpaired) electrons. The summed E-state index contributed by atoms with van der Waals surface area (Å²) in [6.45, 7) is 3.48. The van der Waals surface area contributed by atoms with Gasteiger partial charge in [-0.05, 0) is 26.0 Å². The molecule has 0 fully saturated rings. The lowest BCUT2D eigenvalue weighted by molar-refractivity contribution is 0.0526. The first-order valence-electron chi connectivity index (χ1n) is 5.61. The fourth-order valence-electron chi connectivity index (χ4n) is 1.47. The molecule has 0 bridgehead atoms. The maximum absolute atomic E-state index is 11.8. The van der Waals surface area contributed by atoms with Crippen LogP contribution in [0.5, 0.6) is 0 Å². The third kappa shape index (κ3) is 2.65. The summed E-state index contributed by atoms with van der Waals surface area (Å²) < 4.78 is 14.7. The fraction of sp³-hybridized carbons (Fsp3) is 0.250. The van der Waals surface area contributed by atoms with Crippen molar-refractivity contribution in [2.24, 2.45) is 0 Å². The highest BCUT2D eigenvalue weighted by Crippen LogP contribution is 2.21. The zero-order chi connectivity index (χ0) is 13.8. The Labute approximate surface area is 108 Å². The highest BCUT2D eigenvalue weighted by molar-refractivity contribution is 6.05. The standard InChI is InChI=1S/C12H12N2O5/c1-3-17-12(16)9-7(2)14-19-11(9)13-10(15)8-5-4-6-18-8/h4-6H,3H2,1-2H3,(H,13,15). The zero-order valence-corrected chi connectivity index (χ0v) is 10.4. The first kappa shape index (κ1) is 12.9. The average Bonchev–Trinajstić information content (AvgIpc) is 2.99. The predicted molar refractivity (Wildman–Crippen MR) is 63.9 cm³/mol. The fourth-order valence-corrected chi connectivity index (χ4v) is 1.47. The van der Waals surface area contributed by atoms with Gasteiger partial charge in [0.1, 0.15) is 5.56 Å². The first-order chi connectivity index (χ1) is 9.13. The van der Waals surface area contributed by atoms with Gasteiger partial charge in [0, 0.05) is 0 Å². The zero-order valence-electron chi connectivity index (χ0n) is 10.4. The van der Waals surface area contributed by atoms with E-state index in [-0.39, 0.29) is 23.8 Å². The van der Waals surface area contributed by atoms with E-state index in [0.717, 1.165) is 0 Å². The summed E-state index contributed by atoms with van der Waals surface area (Å²) in [4.78, 5) is 23.5. The minimum absolute atomic E-state index is 0.0580. The van der Waals surface area contributed by atoms with E-state index in [2.05, 4.69) is 10.5 Å². The molecule has 0 aromatic carbocycles. The molecule has 0 saturated carbocycles. The van der Waals surface area contributed by atoms with Crippen LogP contribution < -0.4 is 5.32 Å². The summed E-state index contributed by atoms with van der Waals surface area (Å²) in [7, 11) is 0. The summed E-state index contributed by atoms with van der Waals surface area (Å²) >= 11 is 0. The minimum atomic E-state index is -0.601. The number of aromatic nitrogens is 1. The van der Waals surface area contributed by atoms with Gasteiger partial charge in [-0.25, -0.2) is 4.79 Å². The molecule has 2 aromatic heterocycles. The molecule has 0 saturated heterocycles. The summed E-state index contributed by atoms with van der Waals surface area (Å²) in [6.07, 6.45) is 1.37. The quantitative estimate of drug-likeness (QED) is 0.849. The molecule has 1 N–H and O–H groups in total. The van der Waals surface area contributed by atoms with E-state index < -0.39 is 11.9 Å². The maximum Gasteiger partial charge on any atom is 0.345 e. The summed E-state index contributed by atoms with van der Waals surface area (Å²) in [5.74, 6) is -1.09. The number of hydrogen-bond acceptors (Lipinski definition) is 6. The van der Waals surface area contributed by atoms with Gasteiger partial charge in [-0.3, -0.25) is 10.1 Å². The van der Waals surface area contributed by atoms with Crippen molar-refractivity contribution in [2.75, 3.05) is 11.9 Å². The van der Waals surface area contributed by atoms with E-state index in [1.807, 2.05) is 0 Å². The molecule has 0 atom stereocenters. The normalized spacial score (nSPS) is 10.2. The predicted octanol–water partition coefficient (Wildman–Crippen LogP) is 2.01. The van der Waals surface area contributed by atoms with Crippen molar-refractivity contribution in [3.05, 3.63) is 35.4 Å². The molecule has 2 heterocycles. The number of rotatable bonds is 4. The maximum atomic E-state index is 11.8. The Kier molecular flexibility index (Phi) is 3.65. The molecule has 1 amide bonds. The van der Waals surface area contributed by atoms with E-state index in [1.54, 1.807) is 19.9 Å². The van der Waals surface area contributed by atoms with Gasteiger partial charge in [-0.15, -0.1) is 0 Å². The van der Waals surface area contributed by atoms with Gasteiger partial charge in [-0.2, -0.15) is 0 Å². The molecule has 0 unspecified atom stereocenters. The lowest BCUT2D eigenvalue weighted by atomic mass is 10.2. The van der Waals surface area contributed by atoms with Gasteiger partial charge >= 0.3 is 5.97 Å². The van der Waals surface area contributed by atoms with Crippen LogP contribution in [-0.4, -0.2) is 23.6 Å². The van der Waals surface area contributed by atoms with Crippen LogP contribution >= 0.6 is 0 Å². The van der Waals surface area contributed by atoms with Crippen molar-refractivity contribution in [3.63, 3.8) is 0 Å². The number of esters is 1. The first-order valence-corrected chi connectivity index (χ1v) is 5.61. The number of aryl methyl sites for hydroxylation is 1. The molecule has 0 spiro atoms. The third-order valence-corrected chi connectivity index (χ3v) is 2.31. The van der Waals surface area contributed by atoms with Gasteiger partial charge < -0.3 is 13.7 Å². The van der Waals surface area contributed by atoms with Crippen molar-refractivity contribution in [2.45, 2.75) is 13.8 Å².